The summed E-state index contributed by atoms with van der Waals surface area (Å²) in [5.74, 6) is 1.97. The zero-order valence-corrected chi connectivity index (χ0v) is 13.5. The van der Waals surface area contributed by atoms with E-state index >= 15 is 0 Å². The number of hydrogen-bond acceptors (Lipinski definition) is 4. The highest BCUT2D eigenvalue weighted by atomic mass is 127. The summed E-state index contributed by atoms with van der Waals surface area (Å²) in [6.07, 6.45) is 6.46. The molecule has 0 aliphatic heterocycles. The Hall–Kier alpha value is -1.12. The third kappa shape index (κ3) is 5.17. The molecule has 6 nitrogen and oxygen atoms in total. The molecule has 1 heterocycles. The molecule has 2 N–H and O–H groups in total. The van der Waals surface area contributed by atoms with Crippen LogP contribution in [0.2, 0.25) is 0 Å². The zero-order valence-electron chi connectivity index (χ0n) is 11.2. The average Bonchev–Trinajstić information content (AvgIpc) is 2.98. The summed E-state index contributed by atoms with van der Waals surface area (Å²) in [6, 6.07) is 0.437. The summed E-state index contributed by atoms with van der Waals surface area (Å²) >= 11 is 0. The number of nitrogens with one attached hydrogen (secondary N) is 2. The van der Waals surface area contributed by atoms with Crippen molar-refractivity contribution >= 4 is 29.9 Å². The van der Waals surface area contributed by atoms with Crippen molar-refractivity contribution in [2.75, 3.05) is 6.54 Å². The van der Waals surface area contributed by atoms with Gasteiger partial charge in [0, 0.05) is 12.6 Å². The van der Waals surface area contributed by atoms with Crippen molar-refractivity contribution in [1.82, 2.24) is 20.8 Å². The van der Waals surface area contributed by atoms with Gasteiger partial charge in [-0.1, -0.05) is 17.3 Å². The van der Waals surface area contributed by atoms with Gasteiger partial charge in [-0.15, -0.1) is 24.0 Å². The normalized spacial score (nSPS) is 15.4. The second-order valence-corrected chi connectivity index (χ2v) is 4.21. The summed E-state index contributed by atoms with van der Waals surface area (Å²) in [7, 11) is 0. The Labute approximate surface area is 130 Å². The van der Waals surface area contributed by atoms with Crippen molar-refractivity contribution in [2.24, 2.45) is 4.99 Å². The summed E-state index contributed by atoms with van der Waals surface area (Å²) in [5, 5.41) is 10.3. The number of aromatic nitrogens is 2. The van der Waals surface area contributed by atoms with E-state index in [2.05, 4.69) is 37.9 Å². The Morgan fingerprint density at radius 2 is 2.21 bits per heavy atom. The van der Waals surface area contributed by atoms with E-state index in [-0.39, 0.29) is 24.0 Å². The molecule has 106 valence electrons. The first-order valence-electron chi connectivity index (χ1n) is 6.27. The molecule has 0 unspecified atom stereocenters. The number of nitrogens with zero attached hydrogens (tertiary/aromatic N) is 3. The van der Waals surface area contributed by atoms with Crippen LogP contribution < -0.4 is 10.6 Å². The van der Waals surface area contributed by atoms with Crippen LogP contribution in [0.4, 0.5) is 0 Å². The average molecular weight is 377 g/mol. The maximum absolute atomic E-state index is 5.03. The molecular formula is C12H20IN5O. The van der Waals surface area contributed by atoms with Crippen molar-refractivity contribution in [3.8, 4) is 0 Å². The fourth-order valence-corrected chi connectivity index (χ4v) is 1.80. The lowest BCUT2D eigenvalue weighted by Crippen LogP contribution is -2.42. The largest absolute Gasteiger partial charge is 0.357 e. The van der Waals surface area contributed by atoms with Crippen LogP contribution in [0.1, 0.15) is 31.5 Å². The predicted octanol–water partition coefficient (Wildman–Crippen LogP) is 1.77. The SMILES string of the molecule is CCNC(=NCc1nc(C)no1)NC1CC=CC1.I. The van der Waals surface area contributed by atoms with Gasteiger partial charge < -0.3 is 15.2 Å². The molecule has 1 aliphatic carbocycles. The van der Waals surface area contributed by atoms with Crippen LogP contribution in [0.3, 0.4) is 0 Å². The smallest absolute Gasteiger partial charge is 0.248 e. The van der Waals surface area contributed by atoms with Crippen molar-refractivity contribution < 1.29 is 4.52 Å². The molecule has 0 saturated heterocycles. The molecule has 0 saturated carbocycles. The van der Waals surface area contributed by atoms with Gasteiger partial charge in [0.2, 0.25) is 5.89 Å². The highest BCUT2D eigenvalue weighted by molar-refractivity contribution is 14.0. The van der Waals surface area contributed by atoms with Crippen molar-refractivity contribution in [2.45, 2.75) is 39.3 Å². The first-order chi connectivity index (χ1) is 8.78. The Balaban J connectivity index is 0.00000180. The summed E-state index contributed by atoms with van der Waals surface area (Å²) in [6.45, 7) is 5.07. The van der Waals surface area contributed by atoms with E-state index in [0.29, 0.717) is 24.3 Å². The highest BCUT2D eigenvalue weighted by Gasteiger charge is 2.11. The van der Waals surface area contributed by atoms with E-state index in [1.807, 2.05) is 6.92 Å². The number of guanidine groups is 1. The number of rotatable bonds is 4. The minimum Gasteiger partial charge on any atom is -0.357 e. The van der Waals surface area contributed by atoms with Gasteiger partial charge in [-0.05, 0) is 26.7 Å². The number of hydrogen-bond donors (Lipinski definition) is 2. The molecule has 0 bridgehead atoms. The molecular weight excluding hydrogens is 357 g/mol. The lowest BCUT2D eigenvalue weighted by molar-refractivity contribution is 0.376. The Kier molecular flexibility index (Phi) is 6.82. The molecule has 0 amide bonds. The van der Waals surface area contributed by atoms with Gasteiger partial charge in [-0.3, -0.25) is 0 Å². The van der Waals surface area contributed by atoms with Crippen LogP contribution in [0.15, 0.2) is 21.7 Å². The van der Waals surface area contributed by atoms with Gasteiger partial charge in [-0.2, -0.15) is 4.98 Å². The lowest BCUT2D eigenvalue weighted by atomic mass is 10.2. The summed E-state index contributed by atoms with van der Waals surface area (Å²) in [4.78, 5) is 8.55. The standard InChI is InChI=1S/C12H19N5O.HI/c1-3-13-12(16-10-6-4-5-7-10)14-8-11-15-9(2)17-18-11;/h4-5,10H,3,6-8H2,1-2H3,(H2,13,14,16);1H. The van der Waals surface area contributed by atoms with Crippen LogP contribution >= 0.6 is 24.0 Å². The maximum Gasteiger partial charge on any atom is 0.248 e. The topological polar surface area (TPSA) is 75.3 Å². The van der Waals surface area contributed by atoms with Gasteiger partial charge in [0.1, 0.15) is 6.54 Å². The third-order valence-corrected chi connectivity index (χ3v) is 2.63. The summed E-state index contributed by atoms with van der Waals surface area (Å²) < 4.78 is 5.03. The highest BCUT2D eigenvalue weighted by Crippen LogP contribution is 2.08. The van der Waals surface area contributed by atoms with E-state index in [1.165, 1.54) is 0 Å². The van der Waals surface area contributed by atoms with E-state index in [1.54, 1.807) is 6.92 Å². The van der Waals surface area contributed by atoms with Gasteiger partial charge in [-0.25, -0.2) is 4.99 Å². The van der Waals surface area contributed by atoms with E-state index < -0.39 is 0 Å². The van der Waals surface area contributed by atoms with Crippen LogP contribution in [0.25, 0.3) is 0 Å². The Morgan fingerprint density at radius 3 is 2.79 bits per heavy atom. The zero-order chi connectivity index (χ0) is 12.8. The molecule has 0 atom stereocenters. The fraction of sp³-hybridized carbons (Fsp3) is 0.583. The first kappa shape index (κ1) is 15.9. The van der Waals surface area contributed by atoms with Crippen LogP contribution in [0, 0.1) is 6.92 Å². The van der Waals surface area contributed by atoms with Crippen LogP contribution in [0.5, 0.6) is 0 Å². The number of aryl methyl sites for hydroxylation is 1. The van der Waals surface area contributed by atoms with Gasteiger partial charge in [0.25, 0.3) is 0 Å². The molecule has 1 aromatic rings. The van der Waals surface area contributed by atoms with Gasteiger partial charge >= 0.3 is 0 Å². The van der Waals surface area contributed by atoms with E-state index in [4.69, 9.17) is 4.52 Å². The van der Waals surface area contributed by atoms with Gasteiger partial charge in [0.15, 0.2) is 11.8 Å². The molecule has 0 fully saturated rings. The maximum atomic E-state index is 5.03. The van der Waals surface area contributed by atoms with Crippen molar-refractivity contribution in [3.05, 3.63) is 23.9 Å². The molecule has 1 aliphatic rings. The minimum absolute atomic E-state index is 0. The fourth-order valence-electron chi connectivity index (χ4n) is 1.80. The predicted molar refractivity (Wildman–Crippen MR) is 84.6 cm³/mol. The molecule has 7 heteroatoms. The number of halogens is 1. The second kappa shape index (κ2) is 8.13. The molecule has 19 heavy (non-hydrogen) atoms. The lowest BCUT2D eigenvalue weighted by Gasteiger charge is -2.16. The van der Waals surface area contributed by atoms with Crippen LogP contribution in [-0.4, -0.2) is 28.7 Å². The third-order valence-electron chi connectivity index (χ3n) is 2.63. The minimum atomic E-state index is 0. The van der Waals surface area contributed by atoms with Crippen molar-refractivity contribution in [1.29, 1.82) is 0 Å². The monoisotopic (exact) mass is 377 g/mol. The Bertz CT molecular complexity index is 435. The molecule has 0 radical (unpaired) electrons. The van der Waals surface area contributed by atoms with Crippen LogP contribution in [-0.2, 0) is 6.54 Å². The molecule has 0 aromatic carbocycles. The second-order valence-electron chi connectivity index (χ2n) is 4.21. The summed E-state index contributed by atoms with van der Waals surface area (Å²) in [5.41, 5.74) is 0. The number of aliphatic imine (C=N–C) groups is 1. The first-order valence-corrected chi connectivity index (χ1v) is 6.27. The molecule has 1 aromatic heterocycles. The molecule has 2 rings (SSSR count). The van der Waals surface area contributed by atoms with Gasteiger partial charge in [0.05, 0.1) is 0 Å². The van der Waals surface area contributed by atoms with E-state index in [0.717, 1.165) is 25.3 Å². The Morgan fingerprint density at radius 1 is 1.47 bits per heavy atom. The van der Waals surface area contributed by atoms with E-state index in [9.17, 15) is 0 Å². The quantitative estimate of drug-likeness (QED) is 0.362. The molecule has 0 spiro atoms. The van der Waals surface area contributed by atoms with Crippen molar-refractivity contribution in [3.63, 3.8) is 0 Å².